The van der Waals surface area contributed by atoms with Crippen LogP contribution < -0.4 is 22.5 Å². The molecule has 0 aromatic carbocycles. The number of dihydropyridines is 1. The average molecular weight is 235 g/mol. The van der Waals surface area contributed by atoms with E-state index in [0.29, 0.717) is 6.42 Å². The number of nitrogens with one attached hydrogen (secondary N) is 1. The van der Waals surface area contributed by atoms with Crippen LogP contribution in [-0.4, -0.2) is 5.00 Å². The molecule has 1 aliphatic heterocycles. The van der Waals surface area contributed by atoms with Crippen LogP contribution >= 0.6 is 23.2 Å². The van der Waals surface area contributed by atoms with Crippen LogP contribution in [0.3, 0.4) is 0 Å². The summed E-state index contributed by atoms with van der Waals surface area (Å²) in [5.74, 6) is 0. The van der Waals surface area contributed by atoms with Crippen molar-refractivity contribution in [3.05, 3.63) is 34.9 Å². The highest BCUT2D eigenvalue weighted by atomic mass is 35.5. The van der Waals surface area contributed by atoms with Gasteiger partial charge < -0.3 is 22.5 Å². The maximum absolute atomic E-state index is 6.16. The van der Waals surface area contributed by atoms with E-state index in [1.54, 1.807) is 6.08 Å². The predicted octanol–water partition coefficient (Wildman–Crippen LogP) is 0.596. The standard InChI is InChI=1S/C8H12Cl2N4/c1-2-3-8(10)6(13)4(11)5(12)7(9)14-8/h2,14H,1,3,11-13H2. The van der Waals surface area contributed by atoms with E-state index in [1.807, 2.05) is 0 Å². The van der Waals surface area contributed by atoms with Gasteiger partial charge in [0, 0.05) is 6.42 Å². The number of nitrogens with two attached hydrogens (primary N) is 3. The minimum absolute atomic E-state index is 0.202. The second-order valence-electron chi connectivity index (χ2n) is 2.97. The van der Waals surface area contributed by atoms with Gasteiger partial charge in [0.25, 0.3) is 0 Å². The molecule has 0 bridgehead atoms. The van der Waals surface area contributed by atoms with Crippen molar-refractivity contribution in [2.24, 2.45) is 17.2 Å². The molecule has 0 aromatic heterocycles. The van der Waals surface area contributed by atoms with Crippen molar-refractivity contribution in [2.45, 2.75) is 11.4 Å². The topological polar surface area (TPSA) is 90.1 Å². The fourth-order valence-electron chi connectivity index (χ4n) is 1.15. The van der Waals surface area contributed by atoms with Gasteiger partial charge in [0.05, 0.1) is 17.1 Å². The molecule has 78 valence electrons. The first-order valence-electron chi connectivity index (χ1n) is 3.91. The molecule has 1 heterocycles. The predicted molar refractivity (Wildman–Crippen MR) is 59.0 cm³/mol. The summed E-state index contributed by atoms with van der Waals surface area (Å²) in [6.07, 6.45) is 2.01. The van der Waals surface area contributed by atoms with E-state index >= 15 is 0 Å². The summed E-state index contributed by atoms with van der Waals surface area (Å²) in [5, 5.41) is 2.98. The van der Waals surface area contributed by atoms with Crippen LogP contribution in [0.2, 0.25) is 0 Å². The Morgan fingerprint density at radius 1 is 1.36 bits per heavy atom. The van der Waals surface area contributed by atoms with Crippen LogP contribution in [-0.2, 0) is 0 Å². The average Bonchev–Trinajstić information content (AvgIpc) is 2.12. The van der Waals surface area contributed by atoms with E-state index < -0.39 is 5.00 Å². The molecule has 0 aliphatic carbocycles. The van der Waals surface area contributed by atoms with Crippen LogP contribution in [0, 0.1) is 0 Å². The normalized spacial score (nSPS) is 27.6. The van der Waals surface area contributed by atoms with Crippen molar-refractivity contribution < 1.29 is 0 Å². The van der Waals surface area contributed by atoms with Crippen LogP contribution in [0.4, 0.5) is 0 Å². The molecule has 1 atom stereocenters. The molecule has 0 saturated carbocycles. The third kappa shape index (κ3) is 1.63. The van der Waals surface area contributed by atoms with Crippen LogP contribution in [0.25, 0.3) is 0 Å². The van der Waals surface area contributed by atoms with Crippen molar-refractivity contribution in [3.8, 4) is 0 Å². The number of hydrogen-bond acceptors (Lipinski definition) is 4. The quantitative estimate of drug-likeness (QED) is 0.320. The molecule has 0 saturated heterocycles. The molecule has 0 fully saturated rings. The molecule has 1 rings (SSSR count). The highest BCUT2D eigenvalue weighted by Crippen LogP contribution is 2.32. The van der Waals surface area contributed by atoms with Crippen LogP contribution in [0.1, 0.15) is 6.42 Å². The van der Waals surface area contributed by atoms with Gasteiger partial charge in [-0.15, -0.1) is 6.58 Å². The minimum atomic E-state index is -1.02. The first-order valence-corrected chi connectivity index (χ1v) is 4.67. The van der Waals surface area contributed by atoms with Crippen molar-refractivity contribution in [2.75, 3.05) is 0 Å². The van der Waals surface area contributed by atoms with Gasteiger partial charge in [-0.3, -0.25) is 0 Å². The summed E-state index contributed by atoms with van der Waals surface area (Å²) in [7, 11) is 0. The van der Waals surface area contributed by atoms with Crippen molar-refractivity contribution in [1.29, 1.82) is 0 Å². The molecule has 4 nitrogen and oxygen atoms in total. The third-order valence-corrected chi connectivity index (χ3v) is 2.73. The summed E-state index contributed by atoms with van der Waals surface area (Å²) in [6, 6.07) is 0. The molecule has 0 spiro atoms. The van der Waals surface area contributed by atoms with E-state index in [-0.39, 0.29) is 22.2 Å². The largest absolute Gasteiger partial charge is 0.397 e. The number of halogens is 2. The number of rotatable bonds is 2. The van der Waals surface area contributed by atoms with Crippen molar-refractivity contribution >= 4 is 23.2 Å². The molecule has 0 amide bonds. The first kappa shape index (κ1) is 11.1. The van der Waals surface area contributed by atoms with E-state index in [0.717, 1.165) is 0 Å². The van der Waals surface area contributed by atoms with E-state index in [9.17, 15) is 0 Å². The summed E-state index contributed by atoms with van der Waals surface area (Å²) >= 11 is 12.0. The molecule has 1 unspecified atom stereocenters. The highest BCUT2D eigenvalue weighted by molar-refractivity contribution is 6.32. The van der Waals surface area contributed by atoms with Gasteiger partial charge in [0.1, 0.15) is 5.16 Å². The lowest BCUT2D eigenvalue weighted by Gasteiger charge is -2.33. The maximum Gasteiger partial charge on any atom is 0.158 e. The Labute approximate surface area is 92.4 Å². The molecular weight excluding hydrogens is 223 g/mol. The molecule has 0 aromatic rings. The molecule has 1 aliphatic rings. The first-order chi connectivity index (χ1) is 6.42. The van der Waals surface area contributed by atoms with Gasteiger partial charge in [-0.1, -0.05) is 29.3 Å². The van der Waals surface area contributed by atoms with Crippen molar-refractivity contribution in [1.82, 2.24) is 5.32 Å². The van der Waals surface area contributed by atoms with E-state index in [4.69, 9.17) is 40.4 Å². The Morgan fingerprint density at radius 2 is 1.93 bits per heavy atom. The second kappa shape index (κ2) is 3.63. The molecule has 0 radical (unpaired) electrons. The zero-order valence-electron chi connectivity index (χ0n) is 7.48. The third-order valence-electron chi connectivity index (χ3n) is 1.98. The Bertz CT molecular complexity index is 334. The second-order valence-corrected chi connectivity index (χ2v) is 4.00. The van der Waals surface area contributed by atoms with Gasteiger partial charge in [0.2, 0.25) is 0 Å². The number of hydrogen-bond donors (Lipinski definition) is 4. The summed E-state index contributed by atoms with van der Waals surface area (Å²) in [4.78, 5) is -1.02. The fraction of sp³-hybridized carbons (Fsp3) is 0.250. The van der Waals surface area contributed by atoms with Gasteiger partial charge in [-0.05, 0) is 0 Å². The summed E-state index contributed by atoms with van der Waals surface area (Å²) < 4.78 is 0. The Hall–Kier alpha value is -1.00. The van der Waals surface area contributed by atoms with E-state index in [1.165, 1.54) is 0 Å². The van der Waals surface area contributed by atoms with Gasteiger partial charge in [-0.25, -0.2) is 0 Å². The van der Waals surface area contributed by atoms with Crippen LogP contribution in [0.15, 0.2) is 34.9 Å². The lowest BCUT2D eigenvalue weighted by molar-refractivity contribution is 0.567. The van der Waals surface area contributed by atoms with E-state index in [2.05, 4.69) is 11.9 Å². The number of alkyl halides is 1. The lowest BCUT2D eigenvalue weighted by atomic mass is 10.0. The Kier molecular flexibility index (Phi) is 2.87. The summed E-state index contributed by atoms with van der Waals surface area (Å²) in [5.41, 5.74) is 17.6. The minimum Gasteiger partial charge on any atom is -0.397 e. The zero-order valence-corrected chi connectivity index (χ0v) is 8.99. The smallest absolute Gasteiger partial charge is 0.158 e. The maximum atomic E-state index is 6.16. The van der Waals surface area contributed by atoms with Crippen LogP contribution in [0.5, 0.6) is 0 Å². The Balaban J connectivity index is 3.16. The summed E-state index contributed by atoms with van der Waals surface area (Å²) in [6.45, 7) is 3.57. The molecule has 14 heavy (non-hydrogen) atoms. The Morgan fingerprint density at radius 3 is 2.43 bits per heavy atom. The van der Waals surface area contributed by atoms with Crippen molar-refractivity contribution in [3.63, 3.8) is 0 Å². The van der Waals surface area contributed by atoms with Gasteiger partial charge >= 0.3 is 0 Å². The molecular formula is C8H12Cl2N4. The highest BCUT2D eigenvalue weighted by Gasteiger charge is 2.36. The van der Waals surface area contributed by atoms with Gasteiger partial charge in [0.15, 0.2) is 5.00 Å². The lowest BCUT2D eigenvalue weighted by Crippen LogP contribution is -2.48. The monoisotopic (exact) mass is 234 g/mol. The SMILES string of the molecule is C=CCC1(Cl)NC(Cl)=C(N)C(N)=C1N. The van der Waals surface area contributed by atoms with Gasteiger partial charge in [-0.2, -0.15) is 0 Å². The fourth-order valence-corrected chi connectivity index (χ4v) is 1.76. The zero-order chi connectivity index (χ0) is 10.9. The molecule has 6 heteroatoms. The molecule has 7 N–H and O–H groups in total.